The molecular formula is C15H27N3. The van der Waals surface area contributed by atoms with E-state index in [2.05, 4.69) is 23.2 Å². The van der Waals surface area contributed by atoms with Crippen LogP contribution in [0.2, 0.25) is 0 Å². The highest BCUT2D eigenvalue weighted by Crippen LogP contribution is 2.23. The molecule has 1 N–H and O–H groups in total. The van der Waals surface area contributed by atoms with Crippen molar-refractivity contribution in [3.63, 3.8) is 0 Å². The third kappa shape index (κ3) is 4.26. The fraction of sp³-hybridized carbons (Fsp3) is 0.933. The van der Waals surface area contributed by atoms with Crippen LogP contribution in [-0.4, -0.2) is 37.1 Å². The van der Waals surface area contributed by atoms with Gasteiger partial charge in [-0.25, -0.2) is 0 Å². The molecular weight excluding hydrogens is 222 g/mol. The normalized spacial score (nSPS) is 31.1. The van der Waals surface area contributed by atoms with E-state index in [-0.39, 0.29) is 0 Å². The fourth-order valence-corrected chi connectivity index (χ4v) is 3.56. The number of nitriles is 1. The Morgan fingerprint density at radius 2 is 2.00 bits per heavy atom. The number of rotatable bonds is 4. The van der Waals surface area contributed by atoms with E-state index in [9.17, 15) is 0 Å². The zero-order valence-corrected chi connectivity index (χ0v) is 11.7. The van der Waals surface area contributed by atoms with Gasteiger partial charge in [0, 0.05) is 19.1 Å². The van der Waals surface area contributed by atoms with Crippen molar-refractivity contribution < 1.29 is 0 Å². The molecule has 0 radical (unpaired) electrons. The van der Waals surface area contributed by atoms with Crippen LogP contribution < -0.4 is 5.32 Å². The molecule has 0 spiro atoms. The van der Waals surface area contributed by atoms with Crippen LogP contribution in [0.4, 0.5) is 0 Å². The minimum absolute atomic E-state index is 0.589. The Kier molecular flexibility index (Phi) is 5.46. The average Bonchev–Trinajstić information content (AvgIpc) is 2.37. The van der Waals surface area contributed by atoms with E-state index in [4.69, 9.17) is 5.26 Å². The van der Waals surface area contributed by atoms with E-state index in [0.717, 1.165) is 24.9 Å². The Labute approximate surface area is 112 Å². The van der Waals surface area contributed by atoms with Crippen molar-refractivity contribution in [2.75, 3.05) is 26.2 Å². The van der Waals surface area contributed by atoms with Gasteiger partial charge in [-0.1, -0.05) is 26.2 Å². The van der Waals surface area contributed by atoms with Crippen LogP contribution >= 0.6 is 0 Å². The van der Waals surface area contributed by atoms with E-state index in [1.165, 1.54) is 45.1 Å². The molecule has 18 heavy (non-hydrogen) atoms. The molecule has 3 nitrogen and oxygen atoms in total. The van der Waals surface area contributed by atoms with Crippen molar-refractivity contribution in [3.8, 4) is 6.07 Å². The van der Waals surface area contributed by atoms with E-state index in [0.29, 0.717) is 12.6 Å². The summed E-state index contributed by atoms with van der Waals surface area (Å²) in [6.45, 7) is 6.24. The van der Waals surface area contributed by atoms with Crippen LogP contribution in [0.15, 0.2) is 0 Å². The Balaban J connectivity index is 1.72. The predicted octanol–water partition coefficient (Wildman–Crippen LogP) is 2.39. The zero-order valence-electron chi connectivity index (χ0n) is 11.7. The highest BCUT2D eigenvalue weighted by atomic mass is 15.2. The van der Waals surface area contributed by atoms with Gasteiger partial charge in [-0.2, -0.15) is 5.26 Å². The maximum atomic E-state index is 8.81. The van der Waals surface area contributed by atoms with Crippen LogP contribution in [0, 0.1) is 23.2 Å². The smallest absolute Gasteiger partial charge is 0.0866 e. The minimum atomic E-state index is 0.589. The summed E-state index contributed by atoms with van der Waals surface area (Å²) in [6.07, 6.45) is 8.39. The van der Waals surface area contributed by atoms with Crippen LogP contribution in [0.5, 0.6) is 0 Å². The van der Waals surface area contributed by atoms with E-state index in [1.807, 2.05) is 0 Å². The first kappa shape index (κ1) is 13.8. The first-order valence-electron chi connectivity index (χ1n) is 7.60. The second-order valence-electron chi connectivity index (χ2n) is 6.30. The molecule has 0 aromatic carbocycles. The second kappa shape index (κ2) is 7.11. The molecule has 1 saturated carbocycles. The summed E-state index contributed by atoms with van der Waals surface area (Å²) in [5, 5.41) is 12.6. The average molecular weight is 249 g/mol. The van der Waals surface area contributed by atoms with E-state index < -0.39 is 0 Å². The molecule has 0 bridgehead atoms. The van der Waals surface area contributed by atoms with Gasteiger partial charge in [0.2, 0.25) is 0 Å². The molecule has 0 amide bonds. The third-order valence-electron chi connectivity index (χ3n) is 4.45. The highest BCUT2D eigenvalue weighted by molar-refractivity contribution is 4.87. The lowest BCUT2D eigenvalue weighted by atomic mass is 9.88. The lowest BCUT2D eigenvalue weighted by Gasteiger charge is -2.36. The summed E-state index contributed by atoms with van der Waals surface area (Å²) in [7, 11) is 0. The summed E-state index contributed by atoms with van der Waals surface area (Å²) in [4.78, 5) is 2.30. The third-order valence-corrected chi connectivity index (χ3v) is 4.45. The molecule has 1 aliphatic carbocycles. The van der Waals surface area contributed by atoms with Gasteiger partial charge in [0.05, 0.1) is 12.6 Å². The Hall–Kier alpha value is -0.590. The number of hydrogen-bond acceptors (Lipinski definition) is 3. The van der Waals surface area contributed by atoms with Crippen LogP contribution in [0.3, 0.4) is 0 Å². The molecule has 102 valence electrons. The Morgan fingerprint density at radius 3 is 2.72 bits per heavy atom. The summed E-state index contributed by atoms with van der Waals surface area (Å²) in [5.74, 6) is 1.62. The zero-order chi connectivity index (χ0) is 12.8. The Morgan fingerprint density at radius 1 is 1.22 bits per heavy atom. The van der Waals surface area contributed by atoms with Crippen molar-refractivity contribution in [3.05, 3.63) is 0 Å². The van der Waals surface area contributed by atoms with E-state index >= 15 is 0 Å². The van der Waals surface area contributed by atoms with Gasteiger partial charge >= 0.3 is 0 Å². The van der Waals surface area contributed by atoms with Gasteiger partial charge in [-0.05, 0) is 37.6 Å². The second-order valence-corrected chi connectivity index (χ2v) is 6.30. The molecule has 2 fully saturated rings. The maximum Gasteiger partial charge on any atom is 0.0866 e. The number of piperidine rings is 1. The minimum Gasteiger partial charge on any atom is -0.312 e. The lowest BCUT2D eigenvalue weighted by Crippen LogP contribution is -2.49. The van der Waals surface area contributed by atoms with Crippen LogP contribution in [0.1, 0.15) is 45.4 Å². The first-order chi connectivity index (χ1) is 8.78. The summed E-state index contributed by atoms with van der Waals surface area (Å²) >= 11 is 0. The first-order valence-corrected chi connectivity index (χ1v) is 7.60. The van der Waals surface area contributed by atoms with Crippen molar-refractivity contribution >= 4 is 0 Å². The topological polar surface area (TPSA) is 39.1 Å². The van der Waals surface area contributed by atoms with Crippen molar-refractivity contribution in [2.24, 2.45) is 11.8 Å². The molecule has 2 atom stereocenters. The van der Waals surface area contributed by atoms with Crippen molar-refractivity contribution in [1.82, 2.24) is 10.2 Å². The van der Waals surface area contributed by atoms with Crippen molar-refractivity contribution in [1.29, 1.82) is 5.26 Å². The SMILES string of the molecule is CC1CC(NCC2CCCCC2)CN(CC#N)C1. The molecule has 2 unspecified atom stereocenters. The monoisotopic (exact) mass is 249 g/mol. The van der Waals surface area contributed by atoms with Gasteiger partial charge in [0.15, 0.2) is 0 Å². The molecule has 1 heterocycles. The van der Waals surface area contributed by atoms with Gasteiger partial charge in [0.25, 0.3) is 0 Å². The molecule has 1 saturated heterocycles. The van der Waals surface area contributed by atoms with Gasteiger partial charge in [-0.15, -0.1) is 0 Å². The Bertz CT molecular complexity index is 278. The number of nitrogens with one attached hydrogen (secondary N) is 1. The quantitative estimate of drug-likeness (QED) is 0.778. The maximum absolute atomic E-state index is 8.81. The number of likely N-dealkylation sites (tertiary alicyclic amines) is 1. The molecule has 1 aliphatic heterocycles. The summed E-state index contributed by atoms with van der Waals surface area (Å²) in [5.41, 5.74) is 0. The number of hydrogen-bond donors (Lipinski definition) is 1. The highest BCUT2D eigenvalue weighted by Gasteiger charge is 2.25. The molecule has 2 aliphatic rings. The van der Waals surface area contributed by atoms with Gasteiger partial charge in [-0.3, -0.25) is 4.90 Å². The molecule has 0 aromatic rings. The fourth-order valence-electron chi connectivity index (χ4n) is 3.56. The standard InChI is InChI=1S/C15H27N3/c1-13-9-15(12-18(11-13)8-7-16)17-10-14-5-3-2-4-6-14/h13-15,17H,2-6,8-12H2,1H3. The van der Waals surface area contributed by atoms with E-state index in [1.54, 1.807) is 0 Å². The van der Waals surface area contributed by atoms with Gasteiger partial charge in [0.1, 0.15) is 0 Å². The predicted molar refractivity (Wildman–Crippen MR) is 74.2 cm³/mol. The number of nitrogens with zero attached hydrogens (tertiary/aromatic N) is 2. The molecule has 2 rings (SSSR count). The summed E-state index contributed by atoms with van der Waals surface area (Å²) in [6, 6.07) is 2.88. The molecule has 3 heteroatoms. The largest absolute Gasteiger partial charge is 0.312 e. The van der Waals surface area contributed by atoms with Gasteiger partial charge < -0.3 is 5.32 Å². The van der Waals surface area contributed by atoms with Crippen molar-refractivity contribution in [2.45, 2.75) is 51.5 Å². The van der Waals surface area contributed by atoms with Crippen LogP contribution in [-0.2, 0) is 0 Å². The van der Waals surface area contributed by atoms with Crippen LogP contribution in [0.25, 0.3) is 0 Å². The molecule has 0 aromatic heterocycles. The lowest BCUT2D eigenvalue weighted by molar-refractivity contribution is 0.159. The summed E-state index contributed by atoms with van der Waals surface area (Å²) < 4.78 is 0.